The quantitative estimate of drug-likeness (QED) is 0.0995. The van der Waals surface area contributed by atoms with E-state index in [0.717, 1.165) is 38.9 Å². The summed E-state index contributed by atoms with van der Waals surface area (Å²) in [5.74, 6) is -0.410. The molecule has 1 aliphatic rings. The number of hydrogen-bond acceptors (Lipinski definition) is 6. The Balaban J connectivity index is 1.16. The molecule has 0 saturated carbocycles. The van der Waals surface area contributed by atoms with Crippen molar-refractivity contribution in [3.05, 3.63) is 161 Å². The fourth-order valence-corrected chi connectivity index (χ4v) is 6.83. The van der Waals surface area contributed by atoms with Crippen LogP contribution in [0.5, 0.6) is 0 Å². The molecule has 9 heteroatoms. The number of carboxylic acid groups (broad SMARTS) is 1. The predicted octanol–water partition coefficient (Wildman–Crippen LogP) is 7.88. The topological polar surface area (TPSA) is 117 Å². The van der Waals surface area contributed by atoms with Crippen molar-refractivity contribution in [3.8, 4) is 11.1 Å². The molecule has 4 N–H and O–H groups in total. The Morgan fingerprint density at radius 2 is 1.39 bits per heavy atom. The van der Waals surface area contributed by atoms with Gasteiger partial charge in [-0.25, -0.2) is 9.59 Å². The second kappa shape index (κ2) is 16.5. The summed E-state index contributed by atoms with van der Waals surface area (Å²) in [5.41, 5.74) is 6.96. The first-order valence-electron chi connectivity index (χ1n) is 16.2. The lowest BCUT2D eigenvalue weighted by Gasteiger charge is -2.36. The first-order valence-corrected chi connectivity index (χ1v) is 17.1. The number of nitrogens with one attached hydrogen (secondary N) is 2. The summed E-state index contributed by atoms with van der Waals surface area (Å²) in [5, 5.41) is 25.1. The number of thioether (sulfide) groups is 1. The van der Waals surface area contributed by atoms with Crippen molar-refractivity contribution in [1.82, 2.24) is 10.6 Å². The van der Waals surface area contributed by atoms with Crippen LogP contribution < -0.4 is 10.6 Å². The lowest BCUT2D eigenvalue weighted by atomic mass is 9.98. The van der Waals surface area contributed by atoms with Crippen LogP contribution in [-0.4, -0.2) is 34.1 Å². The zero-order valence-electron chi connectivity index (χ0n) is 26.8. The minimum atomic E-state index is -0.959. The maximum Gasteiger partial charge on any atom is 0.336 e. The van der Waals surface area contributed by atoms with Crippen LogP contribution in [-0.2, 0) is 29.2 Å². The Kier molecular flexibility index (Phi) is 11.4. The van der Waals surface area contributed by atoms with E-state index in [1.165, 1.54) is 11.8 Å². The molecule has 5 aromatic rings. The van der Waals surface area contributed by atoms with Crippen molar-refractivity contribution < 1.29 is 29.3 Å². The first kappa shape index (κ1) is 34.0. The molecule has 3 atom stereocenters. The molecule has 0 bridgehead atoms. The molecule has 1 fully saturated rings. The second-order valence-electron chi connectivity index (χ2n) is 11.8. The number of benzene rings is 5. The molecule has 49 heavy (non-hydrogen) atoms. The van der Waals surface area contributed by atoms with E-state index in [0.29, 0.717) is 30.2 Å². The standard InChI is InChI=1S/C40H38N2O6S/c43-25-28-14-16-30(17-15-28)36-22-33(26-49-37-13-7-6-12-35(37)38(44)45)47-39(48-36)31-20-18-29(19-21-31)34-11-5-4-10-32(34)24-42-40(46)41-23-27-8-2-1-3-9-27/h1-21,33,36,39,43H,22-26H2,(H,44,45)(H2,41,42,46). The Bertz CT molecular complexity index is 1850. The molecular formula is C40H38N2O6S. The SMILES string of the molecule is O=C(NCc1ccccc1)NCc1ccccc1-c1ccc(C2OC(CSc3ccccc3C(=O)O)CC(c3ccc(CO)cc3)O2)cc1. The van der Waals surface area contributed by atoms with Gasteiger partial charge in [-0.2, -0.15) is 0 Å². The summed E-state index contributed by atoms with van der Waals surface area (Å²) in [4.78, 5) is 25.0. The highest BCUT2D eigenvalue weighted by Crippen LogP contribution is 2.40. The minimum absolute atomic E-state index is 0.0349. The Morgan fingerprint density at radius 1 is 0.714 bits per heavy atom. The molecule has 2 amide bonds. The molecule has 0 spiro atoms. The molecule has 0 aromatic heterocycles. The molecular weight excluding hydrogens is 637 g/mol. The molecule has 1 aliphatic heterocycles. The van der Waals surface area contributed by atoms with Gasteiger partial charge in [0, 0.05) is 35.7 Å². The number of aliphatic hydroxyl groups is 1. The number of urea groups is 1. The normalized spacial score (nSPS) is 17.3. The summed E-state index contributed by atoms with van der Waals surface area (Å²) < 4.78 is 13.0. The zero-order valence-corrected chi connectivity index (χ0v) is 27.6. The van der Waals surface area contributed by atoms with Crippen molar-refractivity contribution in [2.75, 3.05) is 5.75 Å². The van der Waals surface area contributed by atoms with Crippen LogP contribution in [0, 0.1) is 0 Å². The average molecular weight is 675 g/mol. The molecule has 3 unspecified atom stereocenters. The second-order valence-corrected chi connectivity index (χ2v) is 12.8. The third kappa shape index (κ3) is 8.95. The number of carboxylic acids is 1. The highest BCUT2D eigenvalue weighted by atomic mass is 32.2. The lowest BCUT2D eigenvalue weighted by molar-refractivity contribution is -0.245. The third-order valence-electron chi connectivity index (χ3n) is 8.40. The number of amides is 2. The lowest BCUT2D eigenvalue weighted by Crippen LogP contribution is -2.34. The van der Waals surface area contributed by atoms with Crippen molar-refractivity contribution in [2.24, 2.45) is 0 Å². The highest BCUT2D eigenvalue weighted by molar-refractivity contribution is 7.99. The molecule has 1 heterocycles. The Hall–Kier alpha value is -4.93. The fraction of sp³-hybridized carbons (Fsp3) is 0.200. The van der Waals surface area contributed by atoms with Gasteiger partial charge >= 0.3 is 12.0 Å². The van der Waals surface area contributed by atoms with Crippen LogP contribution in [0.2, 0.25) is 0 Å². The van der Waals surface area contributed by atoms with Crippen LogP contribution in [0.3, 0.4) is 0 Å². The zero-order chi connectivity index (χ0) is 34.0. The molecule has 0 radical (unpaired) electrons. The van der Waals surface area contributed by atoms with E-state index in [1.54, 1.807) is 12.1 Å². The minimum Gasteiger partial charge on any atom is -0.478 e. The summed E-state index contributed by atoms with van der Waals surface area (Å²) in [6.45, 7) is 0.784. The van der Waals surface area contributed by atoms with E-state index < -0.39 is 12.3 Å². The van der Waals surface area contributed by atoms with Gasteiger partial charge < -0.3 is 30.3 Å². The van der Waals surface area contributed by atoms with Crippen molar-refractivity contribution >= 4 is 23.8 Å². The maximum absolute atomic E-state index is 12.5. The molecule has 250 valence electrons. The predicted molar refractivity (Wildman–Crippen MR) is 190 cm³/mol. The summed E-state index contributed by atoms with van der Waals surface area (Å²) in [6.07, 6.45) is -0.524. The van der Waals surface area contributed by atoms with E-state index in [-0.39, 0.29) is 30.4 Å². The average Bonchev–Trinajstić information content (AvgIpc) is 3.16. The third-order valence-corrected chi connectivity index (χ3v) is 9.61. The van der Waals surface area contributed by atoms with Crippen LogP contribution >= 0.6 is 11.8 Å². The van der Waals surface area contributed by atoms with Gasteiger partial charge in [-0.05, 0) is 45.5 Å². The maximum atomic E-state index is 12.5. The monoisotopic (exact) mass is 674 g/mol. The number of aromatic carboxylic acids is 1. The van der Waals surface area contributed by atoms with E-state index in [2.05, 4.69) is 10.6 Å². The molecule has 5 aromatic carbocycles. The van der Waals surface area contributed by atoms with Gasteiger partial charge in [0.25, 0.3) is 0 Å². The molecule has 1 saturated heterocycles. The van der Waals surface area contributed by atoms with Gasteiger partial charge in [-0.3, -0.25) is 0 Å². The van der Waals surface area contributed by atoms with Gasteiger partial charge in [-0.1, -0.05) is 115 Å². The van der Waals surface area contributed by atoms with E-state index in [4.69, 9.17) is 9.47 Å². The first-order chi connectivity index (χ1) is 24.0. The van der Waals surface area contributed by atoms with Crippen molar-refractivity contribution in [2.45, 2.75) is 49.5 Å². The van der Waals surface area contributed by atoms with Crippen LogP contribution in [0.15, 0.2) is 132 Å². The van der Waals surface area contributed by atoms with Crippen LogP contribution in [0.25, 0.3) is 11.1 Å². The van der Waals surface area contributed by atoms with Gasteiger partial charge in [0.2, 0.25) is 0 Å². The molecule has 6 rings (SSSR count). The van der Waals surface area contributed by atoms with E-state index in [1.807, 2.05) is 115 Å². The number of ether oxygens (including phenoxy) is 2. The number of aliphatic hydroxyl groups excluding tert-OH is 1. The fourth-order valence-electron chi connectivity index (χ4n) is 5.77. The van der Waals surface area contributed by atoms with E-state index in [9.17, 15) is 19.8 Å². The summed E-state index contributed by atoms with van der Waals surface area (Å²) >= 11 is 1.46. The number of carbonyl (C=O) groups excluding carboxylic acids is 1. The van der Waals surface area contributed by atoms with Crippen molar-refractivity contribution in [1.29, 1.82) is 0 Å². The molecule has 8 nitrogen and oxygen atoms in total. The van der Waals surface area contributed by atoms with E-state index >= 15 is 0 Å². The van der Waals surface area contributed by atoms with Gasteiger partial charge in [0.1, 0.15) is 0 Å². The highest BCUT2D eigenvalue weighted by Gasteiger charge is 2.32. The van der Waals surface area contributed by atoms with Crippen molar-refractivity contribution in [3.63, 3.8) is 0 Å². The Labute approximate surface area is 290 Å². The Morgan fingerprint density at radius 3 is 2.14 bits per heavy atom. The summed E-state index contributed by atoms with van der Waals surface area (Å²) in [6, 6.07) is 40.3. The molecule has 0 aliphatic carbocycles. The number of hydrogen-bond donors (Lipinski definition) is 4. The van der Waals surface area contributed by atoms with Gasteiger partial charge in [0.15, 0.2) is 6.29 Å². The largest absolute Gasteiger partial charge is 0.478 e. The van der Waals surface area contributed by atoms with Gasteiger partial charge in [0.05, 0.1) is 24.4 Å². The number of carbonyl (C=O) groups is 2. The van der Waals surface area contributed by atoms with Crippen LogP contribution in [0.4, 0.5) is 4.79 Å². The van der Waals surface area contributed by atoms with Gasteiger partial charge in [-0.15, -0.1) is 11.8 Å². The number of rotatable bonds is 12. The smallest absolute Gasteiger partial charge is 0.336 e. The summed E-state index contributed by atoms with van der Waals surface area (Å²) in [7, 11) is 0. The van der Waals surface area contributed by atoms with Crippen LogP contribution in [0.1, 0.15) is 57.0 Å².